The van der Waals surface area contributed by atoms with Crippen LogP contribution in [0.4, 0.5) is 13.2 Å². The lowest BCUT2D eigenvalue weighted by molar-refractivity contribution is -0.274. The molecule has 0 aliphatic rings. The fraction of sp³-hybridized carbons (Fsp3) is 0.533. The third-order valence-corrected chi connectivity index (χ3v) is 4.44. The number of halogens is 3. The monoisotopic (exact) mass is 317 g/mol. The zero-order chi connectivity index (χ0) is 16.0. The largest absolute Gasteiger partial charge is 0.573 e. The van der Waals surface area contributed by atoms with E-state index < -0.39 is 6.36 Å². The normalized spacial score (nSPS) is 13.2. The predicted molar refractivity (Wildman–Crippen MR) is 79.1 cm³/mol. The van der Waals surface area contributed by atoms with Crippen LogP contribution in [0.2, 0.25) is 0 Å². The maximum atomic E-state index is 12.6. The molecule has 0 unspecified atom stereocenters. The second-order valence-corrected chi connectivity index (χ2v) is 7.37. The number of hydrogen-bond acceptors (Lipinski definition) is 3. The van der Waals surface area contributed by atoms with Crippen LogP contribution in [0.1, 0.15) is 51.1 Å². The fourth-order valence-electron chi connectivity index (χ4n) is 1.88. The van der Waals surface area contributed by atoms with Crippen molar-refractivity contribution in [2.45, 2.75) is 52.3 Å². The first-order valence-corrected chi connectivity index (χ1v) is 7.50. The van der Waals surface area contributed by atoms with E-state index in [1.165, 1.54) is 17.4 Å². The molecule has 0 saturated heterocycles. The van der Waals surface area contributed by atoms with Gasteiger partial charge in [-0.3, -0.25) is 0 Å². The Hall–Kier alpha value is -1.30. The van der Waals surface area contributed by atoms with E-state index in [4.69, 9.17) is 0 Å². The number of nitrogens with zero attached hydrogens (tertiary/aromatic N) is 1. The Bertz CT molecular complexity index is 653. The zero-order valence-corrected chi connectivity index (χ0v) is 13.4. The van der Waals surface area contributed by atoms with Gasteiger partial charge in [0.15, 0.2) is 5.75 Å². The molecule has 1 aromatic heterocycles. The van der Waals surface area contributed by atoms with Crippen molar-refractivity contribution in [2.75, 3.05) is 0 Å². The lowest BCUT2D eigenvalue weighted by Crippen LogP contribution is -2.17. The second-order valence-electron chi connectivity index (χ2n) is 6.34. The first kappa shape index (κ1) is 16.1. The molecule has 6 heteroatoms. The summed E-state index contributed by atoms with van der Waals surface area (Å²) in [6.07, 6.45) is -4.71. The van der Waals surface area contributed by atoms with E-state index in [0.717, 1.165) is 15.3 Å². The summed E-state index contributed by atoms with van der Waals surface area (Å²) in [6.45, 7) is 9.82. The molecule has 0 N–H and O–H groups in total. The van der Waals surface area contributed by atoms with Crippen molar-refractivity contribution in [3.05, 3.63) is 22.7 Å². The first-order chi connectivity index (χ1) is 9.47. The van der Waals surface area contributed by atoms with Crippen molar-refractivity contribution in [1.29, 1.82) is 0 Å². The Morgan fingerprint density at radius 3 is 2.24 bits per heavy atom. The first-order valence-electron chi connectivity index (χ1n) is 6.68. The van der Waals surface area contributed by atoms with Crippen LogP contribution in [0.3, 0.4) is 0 Å². The molecule has 0 atom stereocenters. The summed E-state index contributed by atoms with van der Waals surface area (Å²) in [4.78, 5) is 4.36. The lowest BCUT2D eigenvalue weighted by Gasteiger charge is -2.13. The van der Waals surface area contributed by atoms with Crippen molar-refractivity contribution in [3.8, 4) is 5.75 Å². The molecule has 0 saturated carbocycles. The SMILES string of the molecule is CC(C)c1cc(OC(F)(F)F)c2nc(C(C)(C)C)sc2c1. The van der Waals surface area contributed by atoms with Crippen LogP contribution in [0.15, 0.2) is 12.1 Å². The molecule has 0 amide bonds. The highest BCUT2D eigenvalue weighted by Crippen LogP contribution is 2.39. The minimum absolute atomic E-state index is 0.116. The van der Waals surface area contributed by atoms with Crippen molar-refractivity contribution in [1.82, 2.24) is 4.98 Å². The Balaban J connectivity index is 2.65. The molecule has 0 fully saturated rings. The van der Waals surface area contributed by atoms with Crippen molar-refractivity contribution >= 4 is 21.6 Å². The average molecular weight is 317 g/mol. The highest BCUT2D eigenvalue weighted by molar-refractivity contribution is 7.18. The predicted octanol–water partition coefficient (Wildman–Crippen LogP) is 5.62. The summed E-state index contributed by atoms with van der Waals surface area (Å²) in [7, 11) is 0. The van der Waals surface area contributed by atoms with Gasteiger partial charge in [-0.1, -0.05) is 34.6 Å². The molecule has 2 rings (SSSR count). The van der Waals surface area contributed by atoms with Gasteiger partial charge in [0.05, 0.1) is 9.71 Å². The molecule has 0 bridgehead atoms. The molecule has 2 aromatic rings. The number of aromatic nitrogens is 1. The van der Waals surface area contributed by atoms with E-state index >= 15 is 0 Å². The van der Waals surface area contributed by atoms with Gasteiger partial charge in [0, 0.05) is 5.41 Å². The number of rotatable bonds is 2. The molecule has 116 valence electrons. The Labute approximate surface area is 126 Å². The smallest absolute Gasteiger partial charge is 0.403 e. The summed E-state index contributed by atoms with van der Waals surface area (Å²) in [5.74, 6) is -0.0966. The standard InChI is InChI=1S/C15H18F3NOS/c1-8(2)9-6-10(20-15(16,17)18)12-11(7-9)21-13(19-12)14(3,4)5/h6-8H,1-5H3. The Morgan fingerprint density at radius 2 is 1.76 bits per heavy atom. The molecule has 0 aliphatic heterocycles. The van der Waals surface area contributed by atoms with Crippen LogP contribution in [-0.2, 0) is 5.41 Å². The molecular weight excluding hydrogens is 299 g/mol. The van der Waals surface area contributed by atoms with Gasteiger partial charge in [0.1, 0.15) is 5.52 Å². The van der Waals surface area contributed by atoms with Crippen LogP contribution in [-0.4, -0.2) is 11.3 Å². The summed E-state index contributed by atoms with van der Waals surface area (Å²) in [5, 5.41) is 0.797. The maximum absolute atomic E-state index is 12.6. The Kier molecular flexibility index (Phi) is 3.95. The van der Waals surface area contributed by atoms with Crippen LogP contribution >= 0.6 is 11.3 Å². The van der Waals surface area contributed by atoms with E-state index in [9.17, 15) is 13.2 Å². The second kappa shape index (κ2) is 5.16. The van der Waals surface area contributed by atoms with Crippen molar-refractivity contribution in [3.63, 3.8) is 0 Å². The number of hydrogen-bond donors (Lipinski definition) is 0. The minimum atomic E-state index is -4.71. The highest BCUT2D eigenvalue weighted by Gasteiger charge is 2.33. The number of thiazole rings is 1. The van der Waals surface area contributed by atoms with Crippen molar-refractivity contribution < 1.29 is 17.9 Å². The summed E-state index contributed by atoms with van der Waals surface area (Å²) >= 11 is 1.42. The number of fused-ring (bicyclic) bond motifs is 1. The number of alkyl halides is 3. The van der Waals surface area contributed by atoms with Crippen LogP contribution in [0, 0.1) is 0 Å². The number of ether oxygens (including phenoxy) is 1. The maximum Gasteiger partial charge on any atom is 0.573 e. The molecule has 2 nitrogen and oxygen atoms in total. The van der Waals surface area contributed by atoms with Gasteiger partial charge >= 0.3 is 6.36 Å². The van der Waals surface area contributed by atoms with E-state index in [-0.39, 0.29) is 22.6 Å². The van der Waals surface area contributed by atoms with E-state index in [2.05, 4.69) is 9.72 Å². The fourth-order valence-corrected chi connectivity index (χ4v) is 2.97. The van der Waals surface area contributed by atoms with Gasteiger partial charge in [-0.05, 0) is 23.6 Å². The van der Waals surface area contributed by atoms with Crippen LogP contribution in [0.25, 0.3) is 10.2 Å². The minimum Gasteiger partial charge on any atom is -0.403 e. The average Bonchev–Trinajstić information content (AvgIpc) is 2.70. The van der Waals surface area contributed by atoms with Crippen LogP contribution < -0.4 is 4.74 Å². The lowest BCUT2D eigenvalue weighted by atomic mass is 9.98. The van der Waals surface area contributed by atoms with Crippen molar-refractivity contribution in [2.24, 2.45) is 0 Å². The molecular formula is C15H18F3NOS. The van der Waals surface area contributed by atoms with E-state index in [1.807, 2.05) is 40.7 Å². The van der Waals surface area contributed by atoms with Crippen LogP contribution in [0.5, 0.6) is 5.75 Å². The van der Waals surface area contributed by atoms with E-state index in [1.54, 1.807) is 0 Å². The zero-order valence-electron chi connectivity index (χ0n) is 12.6. The molecule has 0 spiro atoms. The summed E-state index contributed by atoms with van der Waals surface area (Å²) < 4.78 is 42.7. The van der Waals surface area contributed by atoms with Gasteiger partial charge in [-0.2, -0.15) is 0 Å². The molecule has 0 radical (unpaired) electrons. The molecule has 0 aliphatic carbocycles. The van der Waals surface area contributed by atoms with Gasteiger partial charge in [-0.15, -0.1) is 24.5 Å². The Morgan fingerprint density at radius 1 is 1.14 bits per heavy atom. The third-order valence-electron chi connectivity index (χ3n) is 3.02. The van der Waals surface area contributed by atoms with Gasteiger partial charge in [-0.25, -0.2) is 4.98 Å². The van der Waals surface area contributed by atoms with E-state index in [0.29, 0.717) is 0 Å². The number of benzene rings is 1. The quantitative estimate of drug-likeness (QED) is 0.717. The molecule has 21 heavy (non-hydrogen) atoms. The topological polar surface area (TPSA) is 22.1 Å². The summed E-state index contributed by atoms with van der Waals surface area (Å²) in [5.41, 5.74) is 0.884. The highest BCUT2D eigenvalue weighted by atomic mass is 32.1. The molecule has 1 aromatic carbocycles. The third kappa shape index (κ3) is 3.67. The van der Waals surface area contributed by atoms with Gasteiger partial charge in [0.2, 0.25) is 0 Å². The molecule has 1 heterocycles. The van der Waals surface area contributed by atoms with Gasteiger partial charge < -0.3 is 4.74 Å². The van der Waals surface area contributed by atoms with Gasteiger partial charge in [0.25, 0.3) is 0 Å². The summed E-state index contributed by atoms with van der Waals surface area (Å²) in [6, 6.07) is 3.34.